The van der Waals surface area contributed by atoms with Gasteiger partial charge in [0.2, 0.25) is 5.75 Å². The minimum Gasteiger partial charge on any atom is -0.494 e. The number of aryl methyl sites for hydroxylation is 3. The van der Waals surface area contributed by atoms with Crippen molar-refractivity contribution in [3.05, 3.63) is 168 Å². The number of fused-ring (bicyclic) bond motifs is 1. The number of methoxy groups -OCH3 is 4. The van der Waals surface area contributed by atoms with E-state index in [1.54, 1.807) is 49.1 Å². The van der Waals surface area contributed by atoms with Crippen LogP contribution in [-0.4, -0.2) is 228 Å². The van der Waals surface area contributed by atoms with Crippen molar-refractivity contribution in [2.45, 2.75) is 204 Å². The number of nitrogens with two attached hydrogens (primary N) is 2. The molecule has 5 aliphatic rings. The van der Waals surface area contributed by atoms with Gasteiger partial charge in [-0.15, -0.1) is 0 Å². The van der Waals surface area contributed by atoms with Crippen LogP contribution < -0.4 is 55.5 Å². The summed E-state index contributed by atoms with van der Waals surface area (Å²) in [5.74, 6) is 2.66. The smallest absolute Gasteiger partial charge is 0.337 e. The summed E-state index contributed by atoms with van der Waals surface area (Å²) in [4.78, 5) is 58.4. The second kappa shape index (κ2) is 66.6. The number of ether oxygens (including phenoxy) is 7. The first-order valence-corrected chi connectivity index (χ1v) is 46.0. The van der Waals surface area contributed by atoms with Crippen molar-refractivity contribution in [3.8, 4) is 45.9 Å². The van der Waals surface area contributed by atoms with Gasteiger partial charge in [-0.25, -0.2) is 14.2 Å². The van der Waals surface area contributed by atoms with E-state index < -0.39 is 21.6 Å². The van der Waals surface area contributed by atoms with Gasteiger partial charge in [0.25, 0.3) is 5.56 Å². The minimum absolute atomic E-state index is 0. The number of nitrogens with zero attached hydrogens (tertiary/aromatic N) is 8. The zero-order valence-corrected chi connectivity index (χ0v) is 80.8. The molecule has 0 saturated carbocycles. The van der Waals surface area contributed by atoms with Crippen molar-refractivity contribution in [2.24, 2.45) is 0 Å². The number of anilines is 2. The molecule has 0 amide bonds. The predicted molar refractivity (Wildman–Crippen MR) is 532 cm³/mol. The molecule has 5 saturated heterocycles. The third-order valence-corrected chi connectivity index (χ3v) is 21.0. The zero-order chi connectivity index (χ0) is 89.9. The number of halogens is 5. The molecule has 5 aliphatic heterocycles. The van der Waals surface area contributed by atoms with Crippen LogP contribution in [0.3, 0.4) is 0 Å². The van der Waals surface area contributed by atoms with Crippen LogP contribution in [0.15, 0.2) is 114 Å². The van der Waals surface area contributed by atoms with Gasteiger partial charge in [-0.3, -0.25) is 29.6 Å². The van der Waals surface area contributed by atoms with Crippen LogP contribution in [-0.2, 0) is 0 Å². The lowest BCUT2D eigenvalue weighted by atomic mass is 10.1. The van der Waals surface area contributed by atoms with E-state index in [1.807, 2.05) is 75.4 Å². The second-order valence-electron chi connectivity index (χ2n) is 29.4. The SMILES string of the molecule is C.C.C.CO.COc1cc(F)ccc1[N+](=O)[O-].COc1cc(OCCCN2CCC[C@@H]2C)ccc1-n1c(C)nc2ccc(C)cc2c1=O.COc1cc(OCCCN2CCC[C@@H]2C)ccc1N.COc1cc(OCCCN2CCC[C@@H]2C)ccc1[N+](=O)[O-].C[C@H]1CCCN1.C[C@H]1CCCN1CCCO.Cc1ccc(N)c(C(=O)O)c1.IC(I)I.OCCCBr. The first kappa shape index (κ1) is 117. The number of carbonyl (C=O) groups is 1. The quantitative estimate of drug-likeness (QED) is 0.00598. The van der Waals surface area contributed by atoms with Gasteiger partial charge < -0.3 is 90.0 Å². The number of carboxylic acids is 1. The average molecular weight is 2140 g/mol. The summed E-state index contributed by atoms with van der Waals surface area (Å²) in [5.41, 5.74) is 15.2. The lowest BCUT2D eigenvalue weighted by Crippen LogP contribution is -2.28. The maximum absolute atomic E-state index is 13.2. The number of nitro groups is 2. The number of nitro benzene ring substituents is 2. The molecule has 0 spiro atoms. The van der Waals surface area contributed by atoms with Crippen LogP contribution >= 0.6 is 83.7 Å². The van der Waals surface area contributed by atoms with Crippen LogP contribution in [0.2, 0.25) is 0 Å². The lowest BCUT2D eigenvalue weighted by molar-refractivity contribution is -0.385. The van der Waals surface area contributed by atoms with Crippen LogP contribution in [0.1, 0.15) is 181 Å². The minimum atomic E-state index is -0.980. The Morgan fingerprint density at radius 1 is 0.556 bits per heavy atom. The highest BCUT2D eigenvalue weighted by atomic mass is 127. The lowest BCUT2D eigenvalue weighted by Gasteiger charge is -2.20. The summed E-state index contributed by atoms with van der Waals surface area (Å²) in [6, 6.07) is 33.1. The van der Waals surface area contributed by atoms with Crippen molar-refractivity contribution in [3.63, 3.8) is 0 Å². The number of carboxylic acid groups (broad SMARTS) is 1. The van der Waals surface area contributed by atoms with Gasteiger partial charge in [0, 0.05) is 124 Å². The van der Waals surface area contributed by atoms with Crippen molar-refractivity contribution in [1.82, 2.24) is 34.5 Å². The highest BCUT2D eigenvalue weighted by molar-refractivity contribution is 14.3. The van der Waals surface area contributed by atoms with E-state index in [2.05, 4.69) is 153 Å². The van der Waals surface area contributed by atoms with Crippen LogP contribution in [0, 0.1) is 46.8 Å². The summed E-state index contributed by atoms with van der Waals surface area (Å²) in [7, 11) is 6.89. The van der Waals surface area contributed by atoms with Crippen LogP contribution in [0.25, 0.3) is 16.6 Å². The van der Waals surface area contributed by atoms with E-state index in [-0.39, 0.29) is 56.3 Å². The molecular weight excluding hydrogens is 2000 g/mol. The van der Waals surface area contributed by atoms with E-state index >= 15 is 0 Å². The number of nitrogens with one attached hydrogen (secondary N) is 1. The summed E-state index contributed by atoms with van der Waals surface area (Å²) in [5, 5.41) is 58.2. The van der Waals surface area contributed by atoms with Gasteiger partial charge in [0.05, 0.1) is 85.9 Å². The Hall–Kier alpha value is -6.79. The van der Waals surface area contributed by atoms with E-state index in [0.717, 1.165) is 136 Å². The van der Waals surface area contributed by atoms with Gasteiger partial charge in [-0.05, 0) is 245 Å². The molecule has 9 N–H and O–H groups in total. The molecule has 5 atom stereocenters. The molecule has 1 aromatic heterocycles. The number of alkyl halides is 4. The number of nitrogen functional groups attached to an aromatic ring is 2. The third-order valence-electron chi connectivity index (χ3n) is 20.5. The van der Waals surface area contributed by atoms with Gasteiger partial charge in [-0.1, -0.05) is 129 Å². The number of hydrogen-bond acceptors (Lipinski definition) is 24. The maximum atomic E-state index is 13.2. The summed E-state index contributed by atoms with van der Waals surface area (Å²) < 4.78 is 52.6. The van der Waals surface area contributed by atoms with Gasteiger partial charge in [-0.2, -0.15) is 0 Å². The molecule has 6 heterocycles. The Bertz CT molecular complexity index is 4200. The van der Waals surface area contributed by atoms with Gasteiger partial charge in [0.15, 0.2) is 5.75 Å². The number of aliphatic hydroxyl groups excluding tert-OH is 3. The monoisotopic (exact) mass is 2140 g/mol. The molecule has 0 bridgehead atoms. The van der Waals surface area contributed by atoms with E-state index in [9.17, 15) is 34.2 Å². The molecule has 12 rings (SSSR count). The summed E-state index contributed by atoms with van der Waals surface area (Å²) >= 11 is 10.1. The van der Waals surface area contributed by atoms with Crippen molar-refractivity contribution in [2.75, 3.05) is 144 Å². The molecular formula is C91H144BrFI3N11O17. The normalized spacial score (nSPS) is 16.7. The Kier molecular flexibility index (Phi) is 62.9. The van der Waals surface area contributed by atoms with Crippen molar-refractivity contribution < 1.29 is 72.6 Å². The number of aromatic nitrogens is 2. The zero-order valence-electron chi connectivity index (χ0n) is 72.8. The number of rotatable bonds is 28. The fourth-order valence-corrected chi connectivity index (χ4v) is 14.1. The molecule has 6 aromatic carbocycles. The Labute approximate surface area is 786 Å². The third kappa shape index (κ3) is 43.8. The average Bonchev–Trinajstić information content (AvgIpc) is 0.891. The molecule has 0 aliphatic carbocycles. The van der Waals surface area contributed by atoms with E-state index in [4.69, 9.17) is 60.3 Å². The Morgan fingerprint density at radius 3 is 1.32 bits per heavy atom. The number of benzene rings is 6. The van der Waals surface area contributed by atoms with Gasteiger partial charge >= 0.3 is 17.3 Å². The first-order chi connectivity index (χ1) is 57.9. The number of likely N-dealkylation sites (tertiary alicyclic amines) is 4. The fraction of sp³-hybridized carbons (Fsp3) is 0.571. The second-order valence-corrected chi connectivity index (χ2v) is 41.1. The van der Waals surface area contributed by atoms with Gasteiger partial charge in [0.1, 0.15) is 40.3 Å². The number of hydrogen-bond donors (Lipinski definition) is 7. The number of aromatic carboxylic acids is 1. The van der Waals surface area contributed by atoms with E-state index in [1.165, 1.54) is 117 Å². The Balaban J connectivity index is 0.00000145. The summed E-state index contributed by atoms with van der Waals surface area (Å²) in [6.45, 7) is 30.0. The molecule has 7 aromatic rings. The maximum Gasteiger partial charge on any atom is 0.337 e. The molecule has 33 heteroatoms. The van der Waals surface area contributed by atoms with Crippen LogP contribution in [0.4, 0.5) is 27.1 Å². The molecule has 0 unspecified atom stereocenters. The predicted octanol–water partition coefficient (Wildman–Crippen LogP) is 19.1. The van der Waals surface area contributed by atoms with E-state index in [0.29, 0.717) is 89.5 Å². The fourth-order valence-electron chi connectivity index (χ4n) is 13.8. The molecule has 28 nitrogen and oxygen atoms in total. The standard InChI is InChI=1S/C25H31N3O3.C15H22N2O4.C15H24N2O2.C8H9NO2.C8H17NO.C7H6FNO3.C5H11N.C3H7BrO.CHI3.CH4O.3CH4/c1-17-8-10-22-21(15-17)25(29)28(19(3)26-22)23-11-9-20(16-24(23)30-4)31-14-6-13-27-12-5-7-18(27)2;1-12-5-3-8-16(12)9-4-10-21-13-6-7-14(17(18)19)15(11-13)20-2;1-12-5-3-8-17(12)9-4-10-19-13-6-7-14(16)15(11-13)18-2;1-5-2-3-7(9)6(4-5)8(10)11;1-8-4-2-5-9(8)6-3-7-10;1-12-7-4-5(8)2-3-6(7)9(10)11;1-5-3-2-4-6-5;4-2-1-3-5;2-1(3)4;1-2;;;/h8-11,15-16,18H,5-7,12-14H2,1-4H3;6-7,11-12H,3-5,8-10H2,1-2H3;6-7,11-12H,3-5,8-10,16H2,1-2H3;2-4H,9H2,1H3,(H,10,11);8,10H,2-7H2,1H3;2-4H,1H3;5-6H,2-4H2,1H3;5H,1-3H2;1H;2H,1H3;3*1H4/t18-;2*12-;;8-;;5-;;;;;;/m000.0.0....../s1. The topological polar surface area (TPSA) is 361 Å². The molecule has 124 heavy (non-hydrogen) atoms. The Morgan fingerprint density at radius 2 is 0.952 bits per heavy atom. The number of aliphatic hydroxyl groups is 3. The summed E-state index contributed by atoms with van der Waals surface area (Å²) in [6.07, 6.45) is 18.0. The molecule has 0 radical (unpaired) electrons. The first-order valence-electron chi connectivity index (χ1n) is 41.2. The molecule has 700 valence electrons. The highest BCUT2D eigenvalue weighted by Crippen LogP contribution is 2.33. The largest absolute Gasteiger partial charge is 0.494 e. The highest BCUT2D eigenvalue weighted by Gasteiger charge is 2.24. The van der Waals surface area contributed by atoms with Crippen LogP contribution in [0.5, 0.6) is 40.2 Å². The van der Waals surface area contributed by atoms with Crippen molar-refractivity contribution >= 4 is 123 Å². The molecule has 5 fully saturated rings. The van der Waals surface area contributed by atoms with Crippen molar-refractivity contribution in [1.29, 1.82) is 0 Å².